The van der Waals surface area contributed by atoms with E-state index in [1.165, 1.54) is 5.56 Å². The first-order valence-electron chi connectivity index (χ1n) is 3.96. The molecule has 0 aromatic heterocycles. The van der Waals surface area contributed by atoms with Gasteiger partial charge >= 0.3 is 0 Å². The number of hydrogen-bond donors (Lipinski definition) is 0. The van der Waals surface area contributed by atoms with Crippen molar-refractivity contribution in [3.05, 3.63) is 35.9 Å². The highest BCUT2D eigenvalue weighted by Gasteiger charge is 1.91. The molecule has 0 aliphatic rings. The number of benzene rings is 1. The maximum atomic E-state index is 5.18. The molecule has 0 unspecified atom stereocenters. The SMILES string of the molecule is CC(=S)OCCc1ccccc1. The molecule has 0 bridgehead atoms. The van der Waals surface area contributed by atoms with Crippen molar-refractivity contribution in [2.24, 2.45) is 0 Å². The molecule has 0 aliphatic carbocycles. The van der Waals surface area contributed by atoms with Crippen LogP contribution >= 0.6 is 12.2 Å². The van der Waals surface area contributed by atoms with Gasteiger partial charge in [0.25, 0.3) is 0 Å². The van der Waals surface area contributed by atoms with E-state index in [1.807, 2.05) is 18.2 Å². The maximum Gasteiger partial charge on any atom is 0.156 e. The lowest BCUT2D eigenvalue weighted by atomic mass is 10.2. The van der Waals surface area contributed by atoms with Gasteiger partial charge in [-0.3, -0.25) is 0 Å². The summed E-state index contributed by atoms with van der Waals surface area (Å²) in [5, 5.41) is 0.617. The highest BCUT2D eigenvalue weighted by Crippen LogP contribution is 1.99. The van der Waals surface area contributed by atoms with Crippen molar-refractivity contribution in [1.82, 2.24) is 0 Å². The van der Waals surface area contributed by atoms with E-state index in [2.05, 4.69) is 12.1 Å². The molecule has 12 heavy (non-hydrogen) atoms. The van der Waals surface area contributed by atoms with E-state index in [1.54, 1.807) is 6.92 Å². The minimum Gasteiger partial charge on any atom is -0.487 e. The lowest BCUT2D eigenvalue weighted by molar-refractivity contribution is 0.315. The molecule has 0 N–H and O–H groups in total. The second-order valence-corrected chi connectivity index (χ2v) is 3.15. The quantitative estimate of drug-likeness (QED) is 0.661. The third-order valence-electron chi connectivity index (χ3n) is 1.54. The fourth-order valence-corrected chi connectivity index (χ4v) is 1.04. The molecular formula is C10H12OS. The van der Waals surface area contributed by atoms with E-state index < -0.39 is 0 Å². The van der Waals surface area contributed by atoms with Gasteiger partial charge in [0.1, 0.15) is 0 Å². The van der Waals surface area contributed by atoms with Gasteiger partial charge in [-0.15, -0.1) is 0 Å². The third kappa shape index (κ3) is 3.49. The summed E-state index contributed by atoms with van der Waals surface area (Å²) in [7, 11) is 0. The van der Waals surface area contributed by atoms with E-state index in [0.29, 0.717) is 11.7 Å². The molecule has 0 spiro atoms. The standard InChI is InChI=1S/C10H12OS/c1-9(12)11-8-7-10-5-3-2-4-6-10/h2-6H,7-8H2,1H3. The minimum absolute atomic E-state index is 0.617. The van der Waals surface area contributed by atoms with Crippen LogP contribution in [-0.4, -0.2) is 11.7 Å². The summed E-state index contributed by atoms with van der Waals surface area (Å²) < 4.78 is 5.18. The number of hydrogen-bond acceptors (Lipinski definition) is 2. The summed E-state index contributed by atoms with van der Waals surface area (Å²) >= 11 is 4.79. The van der Waals surface area contributed by atoms with Crippen LogP contribution in [0.2, 0.25) is 0 Å². The Balaban J connectivity index is 2.29. The fraction of sp³-hybridized carbons (Fsp3) is 0.300. The minimum atomic E-state index is 0.617. The van der Waals surface area contributed by atoms with Crippen molar-refractivity contribution in [1.29, 1.82) is 0 Å². The molecule has 0 fully saturated rings. The Hall–Kier alpha value is -0.890. The number of thiocarbonyl (C=S) groups is 1. The van der Waals surface area contributed by atoms with Gasteiger partial charge in [-0.2, -0.15) is 0 Å². The lowest BCUT2D eigenvalue weighted by Crippen LogP contribution is -2.01. The molecule has 0 radical (unpaired) electrons. The van der Waals surface area contributed by atoms with Crippen molar-refractivity contribution >= 4 is 17.3 Å². The van der Waals surface area contributed by atoms with Gasteiger partial charge in [0.15, 0.2) is 5.05 Å². The monoisotopic (exact) mass is 180 g/mol. The molecule has 0 saturated carbocycles. The Labute approximate surface area is 78.4 Å². The molecule has 1 rings (SSSR count). The molecule has 0 heterocycles. The average molecular weight is 180 g/mol. The van der Waals surface area contributed by atoms with Crippen LogP contribution in [-0.2, 0) is 11.2 Å². The summed E-state index contributed by atoms with van der Waals surface area (Å²) in [5.41, 5.74) is 1.29. The van der Waals surface area contributed by atoms with Gasteiger partial charge in [-0.1, -0.05) is 30.3 Å². The van der Waals surface area contributed by atoms with E-state index in [4.69, 9.17) is 17.0 Å². The third-order valence-corrected chi connectivity index (χ3v) is 1.66. The van der Waals surface area contributed by atoms with Gasteiger partial charge in [0, 0.05) is 13.3 Å². The van der Waals surface area contributed by atoms with Crippen molar-refractivity contribution in [3.63, 3.8) is 0 Å². The first kappa shape index (κ1) is 9.20. The Morgan fingerprint density at radius 3 is 2.58 bits per heavy atom. The molecule has 0 aliphatic heterocycles. The van der Waals surface area contributed by atoms with Gasteiger partial charge in [0.2, 0.25) is 0 Å². The Kier molecular flexibility index (Phi) is 3.74. The van der Waals surface area contributed by atoms with Crippen LogP contribution in [0.5, 0.6) is 0 Å². The molecule has 1 nitrogen and oxygen atoms in total. The van der Waals surface area contributed by atoms with Gasteiger partial charge in [-0.25, -0.2) is 0 Å². The summed E-state index contributed by atoms with van der Waals surface area (Å²) in [6, 6.07) is 10.2. The highest BCUT2D eigenvalue weighted by atomic mass is 32.1. The second kappa shape index (κ2) is 4.88. The van der Waals surface area contributed by atoms with Crippen molar-refractivity contribution in [2.75, 3.05) is 6.61 Å². The normalized spacial score (nSPS) is 9.42. The molecular weight excluding hydrogens is 168 g/mol. The van der Waals surface area contributed by atoms with Crippen LogP contribution in [0.15, 0.2) is 30.3 Å². The predicted octanol–water partition coefficient (Wildman–Crippen LogP) is 2.59. The summed E-state index contributed by atoms with van der Waals surface area (Å²) in [5.74, 6) is 0. The average Bonchev–Trinajstić information content (AvgIpc) is 2.05. The van der Waals surface area contributed by atoms with Crippen molar-refractivity contribution in [2.45, 2.75) is 13.3 Å². The zero-order valence-corrected chi connectivity index (χ0v) is 7.93. The Morgan fingerprint density at radius 1 is 1.33 bits per heavy atom. The molecule has 1 aromatic carbocycles. The number of rotatable bonds is 3. The first-order chi connectivity index (χ1) is 5.79. The Bertz CT molecular complexity index is 243. The van der Waals surface area contributed by atoms with Crippen LogP contribution in [0.3, 0.4) is 0 Å². The molecule has 0 amide bonds. The topological polar surface area (TPSA) is 9.23 Å². The molecule has 1 aromatic rings. The maximum absolute atomic E-state index is 5.18. The lowest BCUT2D eigenvalue weighted by Gasteiger charge is -2.02. The van der Waals surface area contributed by atoms with Crippen molar-refractivity contribution < 1.29 is 4.74 Å². The van der Waals surface area contributed by atoms with Gasteiger partial charge in [0.05, 0.1) is 6.61 Å². The second-order valence-electron chi connectivity index (χ2n) is 2.58. The van der Waals surface area contributed by atoms with E-state index in [-0.39, 0.29) is 0 Å². The molecule has 0 atom stereocenters. The summed E-state index contributed by atoms with van der Waals surface area (Å²) in [6.07, 6.45) is 0.925. The Morgan fingerprint density at radius 2 is 2.00 bits per heavy atom. The fourth-order valence-electron chi connectivity index (χ4n) is 0.957. The largest absolute Gasteiger partial charge is 0.487 e. The van der Waals surface area contributed by atoms with Crippen molar-refractivity contribution in [3.8, 4) is 0 Å². The van der Waals surface area contributed by atoms with Crippen LogP contribution in [0.1, 0.15) is 12.5 Å². The van der Waals surface area contributed by atoms with Gasteiger partial charge in [-0.05, 0) is 17.8 Å². The summed E-state index contributed by atoms with van der Waals surface area (Å²) in [6.45, 7) is 2.47. The van der Waals surface area contributed by atoms with Crippen LogP contribution in [0.25, 0.3) is 0 Å². The zero-order chi connectivity index (χ0) is 8.81. The van der Waals surface area contributed by atoms with Crippen LogP contribution in [0, 0.1) is 0 Å². The molecule has 64 valence electrons. The van der Waals surface area contributed by atoms with Crippen LogP contribution < -0.4 is 0 Å². The summed E-state index contributed by atoms with van der Waals surface area (Å²) in [4.78, 5) is 0. The zero-order valence-electron chi connectivity index (χ0n) is 7.12. The molecule has 2 heteroatoms. The first-order valence-corrected chi connectivity index (χ1v) is 4.37. The van der Waals surface area contributed by atoms with E-state index in [9.17, 15) is 0 Å². The van der Waals surface area contributed by atoms with Gasteiger partial charge < -0.3 is 4.74 Å². The van der Waals surface area contributed by atoms with Crippen LogP contribution in [0.4, 0.5) is 0 Å². The number of ether oxygens (including phenoxy) is 1. The smallest absolute Gasteiger partial charge is 0.156 e. The highest BCUT2D eigenvalue weighted by molar-refractivity contribution is 7.80. The predicted molar refractivity (Wildman–Crippen MR) is 54.4 cm³/mol. The van der Waals surface area contributed by atoms with E-state index >= 15 is 0 Å². The molecule has 0 saturated heterocycles. The van der Waals surface area contributed by atoms with E-state index in [0.717, 1.165) is 6.42 Å².